The molecule has 0 amide bonds. The first kappa shape index (κ1) is 23.4. The Balaban J connectivity index is 1.91. The molecule has 4 aromatic rings. The average molecular weight is 485 g/mol. The molecule has 2 N–H and O–H groups in total. The van der Waals surface area contributed by atoms with E-state index < -0.39 is 23.6 Å². The summed E-state index contributed by atoms with van der Waals surface area (Å²) in [5.41, 5.74) is 1.28. The molecule has 0 fully saturated rings. The summed E-state index contributed by atoms with van der Waals surface area (Å²) in [5.74, 6) is -2.88. The minimum atomic E-state index is -1.26. The number of carboxylic acid groups (broad SMARTS) is 1. The first-order valence-corrected chi connectivity index (χ1v) is 10.6. The lowest BCUT2D eigenvalue weighted by molar-refractivity contribution is 0.0691. The Morgan fingerprint density at radius 3 is 2.56 bits per heavy atom. The minimum Gasteiger partial charge on any atom is -0.476 e. The van der Waals surface area contributed by atoms with Crippen LogP contribution in [0.2, 0.25) is 5.15 Å². The number of carboxylic acids is 1. The van der Waals surface area contributed by atoms with E-state index >= 15 is 0 Å². The van der Waals surface area contributed by atoms with Crippen molar-refractivity contribution in [3.8, 4) is 11.3 Å². The molecule has 34 heavy (non-hydrogen) atoms. The number of pyridine rings is 1. The van der Waals surface area contributed by atoms with Crippen molar-refractivity contribution in [2.45, 2.75) is 26.8 Å². The highest BCUT2D eigenvalue weighted by molar-refractivity contribution is 6.29. The number of carbonyl (C=O) groups is 1. The van der Waals surface area contributed by atoms with Crippen molar-refractivity contribution in [3.05, 3.63) is 91.9 Å². The van der Waals surface area contributed by atoms with Crippen molar-refractivity contribution in [1.29, 1.82) is 0 Å². The zero-order valence-corrected chi connectivity index (χ0v) is 19.1. The highest BCUT2D eigenvalue weighted by Crippen LogP contribution is 2.33. The van der Waals surface area contributed by atoms with Crippen molar-refractivity contribution >= 4 is 34.2 Å². The molecule has 0 bridgehead atoms. The number of hydrogen-bond donors (Lipinski definition) is 2. The van der Waals surface area contributed by atoms with Crippen LogP contribution in [0.5, 0.6) is 0 Å². The number of anilines is 1. The molecule has 9 heteroatoms. The second-order valence-corrected chi connectivity index (χ2v) is 8.33. The molecule has 0 saturated heterocycles. The van der Waals surface area contributed by atoms with Crippen LogP contribution in [0.3, 0.4) is 0 Å². The molecule has 0 aliphatic rings. The van der Waals surface area contributed by atoms with E-state index in [0.29, 0.717) is 10.9 Å². The Kier molecular flexibility index (Phi) is 6.10. The molecule has 2 heterocycles. The summed E-state index contributed by atoms with van der Waals surface area (Å²) in [6.07, 6.45) is 0. The summed E-state index contributed by atoms with van der Waals surface area (Å²) in [6.45, 7) is 5.09. The predicted molar refractivity (Wildman–Crippen MR) is 126 cm³/mol. The molecule has 0 aliphatic carbocycles. The number of hydrogen-bond acceptors (Lipinski definition) is 5. The molecule has 2 aromatic carbocycles. The van der Waals surface area contributed by atoms with Crippen LogP contribution in [-0.2, 0) is 0 Å². The topological polar surface area (TPSA) is 92.4 Å². The van der Waals surface area contributed by atoms with E-state index in [-0.39, 0.29) is 44.4 Å². The van der Waals surface area contributed by atoms with Gasteiger partial charge in [-0.15, -0.1) is 0 Å². The second kappa shape index (κ2) is 8.87. The van der Waals surface area contributed by atoms with E-state index in [0.717, 1.165) is 17.7 Å². The Morgan fingerprint density at radius 1 is 1.15 bits per heavy atom. The molecule has 1 unspecified atom stereocenters. The van der Waals surface area contributed by atoms with Crippen molar-refractivity contribution in [1.82, 2.24) is 4.98 Å². The fourth-order valence-electron chi connectivity index (χ4n) is 3.85. The van der Waals surface area contributed by atoms with E-state index in [9.17, 15) is 23.5 Å². The van der Waals surface area contributed by atoms with Crippen molar-refractivity contribution in [2.24, 2.45) is 0 Å². The first-order valence-electron chi connectivity index (χ1n) is 10.3. The van der Waals surface area contributed by atoms with E-state index in [1.807, 2.05) is 6.92 Å². The van der Waals surface area contributed by atoms with Gasteiger partial charge in [0, 0.05) is 17.2 Å². The minimum absolute atomic E-state index is 0.00770. The van der Waals surface area contributed by atoms with Crippen molar-refractivity contribution < 1.29 is 23.1 Å². The Bertz CT molecular complexity index is 1520. The Hall–Kier alpha value is -3.78. The summed E-state index contributed by atoms with van der Waals surface area (Å²) in [5, 5.41) is 12.9. The first-order chi connectivity index (χ1) is 16.1. The van der Waals surface area contributed by atoms with Crippen LogP contribution < -0.4 is 10.7 Å². The fraction of sp³-hybridized carbons (Fsp3) is 0.160. The van der Waals surface area contributed by atoms with Gasteiger partial charge in [0.2, 0.25) is 0 Å². The summed E-state index contributed by atoms with van der Waals surface area (Å²) in [4.78, 5) is 28.7. The van der Waals surface area contributed by atoms with Gasteiger partial charge in [0.25, 0.3) is 0 Å². The fourth-order valence-corrected chi connectivity index (χ4v) is 3.99. The molecule has 2 aromatic heterocycles. The van der Waals surface area contributed by atoms with Gasteiger partial charge in [-0.2, -0.15) is 0 Å². The number of fused-ring (bicyclic) bond motifs is 1. The number of nitrogens with zero attached hydrogens (tertiary/aromatic N) is 1. The van der Waals surface area contributed by atoms with Crippen LogP contribution >= 0.6 is 11.6 Å². The molecule has 0 saturated carbocycles. The normalized spacial score (nSPS) is 12.1. The van der Waals surface area contributed by atoms with Crippen LogP contribution in [0, 0.1) is 25.5 Å². The number of rotatable bonds is 5. The average Bonchev–Trinajstić information content (AvgIpc) is 2.77. The summed E-state index contributed by atoms with van der Waals surface area (Å²) >= 11 is 5.84. The summed E-state index contributed by atoms with van der Waals surface area (Å²) in [6, 6.07) is 8.89. The van der Waals surface area contributed by atoms with Gasteiger partial charge in [-0.1, -0.05) is 17.7 Å². The number of nitrogens with one attached hydrogen (secondary N) is 1. The lowest BCUT2D eigenvalue weighted by Crippen LogP contribution is -2.14. The highest BCUT2D eigenvalue weighted by Gasteiger charge is 2.22. The third-order valence-electron chi connectivity index (χ3n) is 5.47. The molecule has 6 nitrogen and oxygen atoms in total. The van der Waals surface area contributed by atoms with Crippen LogP contribution in [0.4, 0.5) is 14.5 Å². The molecule has 1 atom stereocenters. The zero-order valence-electron chi connectivity index (χ0n) is 18.4. The van der Waals surface area contributed by atoms with Crippen LogP contribution in [0.1, 0.15) is 40.1 Å². The van der Waals surface area contributed by atoms with Gasteiger partial charge >= 0.3 is 5.97 Å². The zero-order chi connectivity index (χ0) is 24.7. The van der Waals surface area contributed by atoms with E-state index in [1.165, 1.54) is 25.1 Å². The smallest absolute Gasteiger partial charge is 0.356 e. The van der Waals surface area contributed by atoms with Gasteiger partial charge in [0.1, 0.15) is 28.1 Å². The summed E-state index contributed by atoms with van der Waals surface area (Å²) < 4.78 is 34.0. The summed E-state index contributed by atoms with van der Waals surface area (Å²) in [7, 11) is 0. The number of aryl methyl sites for hydroxylation is 1. The maximum atomic E-state index is 14.5. The number of benzene rings is 2. The molecule has 174 valence electrons. The standard InChI is InChI=1S/C25H19ClF2N2O4/c1-11-8-16(13(3)29-19-6-7-20(26)30-21(19)25(32)33)24-17(9-11)22(31)12(2)23(34-24)15-5-4-14(27)10-18(15)28/h4-10,13,29H,1-3H3,(H,32,33). The number of aromatic nitrogens is 1. The van der Waals surface area contributed by atoms with Gasteiger partial charge in [0.05, 0.1) is 22.7 Å². The number of halogens is 3. The lowest BCUT2D eigenvalue weighted by atomic mass is 9.98. The predicted octanol–water partition coefficient (Wildman–Crippen LogP) is 6.27. The largest absolute Gasteiger partial charge is 0.476 e. The molecule has 0 spiro atoms. The van der Waals surface area contributed by atoms with Crippen LogP contribution in [0.15, 0.2) is 51.7 Å². The SMILES string of the molecule is Cc1cc(C(C)Nc2ccc(Cl)nc2C(=O)O)c2oc(-c3ccc(F)cc3F)c(C)c(=O)c2c1. The van der Waals surface area contributed by atoms with E-state index in [1.54, 1.807) is 19.1 Å². The second-order valence-electron chi connectivity index (χ2n) is 7.94. The van der Waals surface area contributed by atoms with Crippen LogP contribution in [-0.4, -0.2) is 16.1 Å². The van der Waals surface area contributed by atoms with Gasteiger partial charge in [-0.05, 0) is 56.7 Å². The molecular weight excluding hydrogens is 466 g/mol. The highest BCUT2D eigenvalue weighted by atomic mass is 35.5. The number of aromatic carboxylic acids is 1. The maximum Gasteiger partial charge on any atom is 0.356 e. The van der Waals surface area contributed by atoms with Gasteiger partial charge in [0.15, 0.2) is 11.1 Å². The Morgan fingerprint density at radius 2 is 1.88 bits per heavy atom. The van der Waals surface area contributed by atoms with Crippen molar-refractivity contribution in [2.75, 3.05) is 5.32 Å². The van der Waals surface area contributed by atoms with E-state index in [2.05, 4.69) is 10.3 Å². The third-order valence-corrected chi connectivity index (χ3v) is 5.68. The maximum absolute atomic E-state index is 14.5. The molecular formula is C25H19ClF2N2O4. The van der Waals surface area contributed by atoms with Gasteiger partial charge < -0.3 is 14.8 Å². The third kappa shape index (κ3) is 4.24. The molecule has 0 aliphatic heterocycles. The lowest BCUT2D eigenvalue weighted by Gasteiger charge is -2.19. The van der Waals surface area contributed by atoms with Crippen LogP contribution in [0.25, 0.3) is 22.3 Å². The van der Waals surface area contributed by atoms with E-state index in [4.69, 9.17) is 16.0 Å². The molecule has 4 rings (SSSR count). The van der Waals surface area contributed by atoms with Gasteiger partial charge in [-0.25, -0.2) is 18.6 Å². The quantitative estimate of drug-likeness (QED) is 0.324. The Labute approximate surface area is 197 Å². The van der Waals surface area contributed by atoms with Crippen molar-refractivity contribution in [3.63, 3.8) is 0 Å². The molecule has 0 radical (unpaired) electrons. The van der Waals surface area contributed by atoms with Gasteiger partial charge in [-0.3, -0.25) is 4.79 Å². The monoisotopic (exact) mass is 484 g/mol.